The van der Waals surface area contributed by atoms with E-state index < -0.39 is 0 Å². The topological polar surface area (TPSA) is 20.3 Å². The number of rotatable bonds is 1. The van der Waals surface area contributed by atoms with Crippen LogP contribution in [0.1, 0.15) is 40.0 Å². The molecule has 0 N–H and O–H groups in total. The fourth-order valence-corrected chi connectivity index (χ4v) is 4.59. The molecule has 0 spiro atoms. The molecule has 0 radical (unpaired) electrons. The van der Waals surface area contributed by atoms with Crippen molar-refractivity contribution in [1.82, 2.24) is 4.90 Å². The molecule has 2 nitrogen and oxygen atoms in total. The van der Waals surface area contributed by atoms with Crippen LogP contribution in [0.2, 0.25) is 0 Å². The molecule has 1 saturated carbocycles. The molecule has 90 valence electrons. The smallest absolute Gasteiger partial charge is 0.140 e. The largest absolute Gasteiger partial charge is 0.299 e. The van der Waals surface area contributed by atoms with Gasteiger partial charge in [0.15, 0.2) is 0 Å². The standard InChI is InChI=1S/C14H23NO/c1-4-11-8-15-7-9(2)10-5-12(15)14(11,3)13(16)6-10/h9-12H,4-8H2,1-3H3/t9-,10+,11-,12+,14-/m0/s1. The summed E-state index contributed by atoms with van der Waals surface area (Å²) in [5.74, 6) is 2.57. The van der Waals surface area contributed by atoms with Crippen molar-refractivity contribution in [2.75, 3.05) is 13.1 Å². The number of fused-ring (bicyclic) bond motifs is 1. The lowest BCUT2D eigenvalue weighted by Gasteiger charge is -2.49. The van der Waals surface area contributed by atoms with E-state index in [0.29, 0.717) is 23.7 Å². The summed E-state index contributed by atoms with van der Waals surface area (Å²) in [5.41, 5.74) is -0.00854. The van der Waals surface area contributed by atoms with Gasteiger partial charge in [-0.2, -0.15) is 0 Å². The van der Waals surface area contributed by atoms with Crippen LogP contribution in [0.15, 0.2) is 0 Å². The lowest BCUT2D eigenvalue weighted by Crippen LogP contribution is -2.55. The highest BCUT2D eigenvalue weighted by molar-refractivity contribution is 5.87. The summed E-state index contributed by atoms with van der Waals surface area (Å²) in [6.07, 6.45) is 3.30. The minimum absolute atomic E-state index is 0.00854. The number of hydrogen-bond acceptors (Lipinski definition) is 2. The van der Waals surface area contributed by atoms with Gasteiger partial charge >= 0.3 is 0 Å². The maximum atomic E-state index is 12.5. The molecular formula is C14H23NO. The van der Waals surface area contributed by atoms with E-state index in [-0.39, 0.29) is 5.41 Å². The number of piperidine rings is 1. The Morgan fingerprint density at radius 1 is 1.44 bits per heavy atom. The van der Waals surface area contributed by atoms with E-state index in [1.165, 1.54) is 19.5 Å². The Kier molecular flexibility index (Phi) is 2.23. The maximum absolute atomic E-state index is 12.5. The third-order valence-corrected chi connectivity index (χ3v) is 5.83. The first-order valence-electron chi connectivity index (χ1n) is 6.84. The van der Waals surface area contributed by atoms with Crippen LogP contribution in [-0.4, -0.2) is 29.8 Å². The molecule has 2 aliphatic heterocycles. The third-order valence-electron chi connectivity index (χ3n) is 5.83. The molecule has 3 fully saturated rings. The average Bonchev–Trinajstić information content (AvgIpc) is 2.55. The molecule has 0 amide bonds. The summed E-state index contributed by atoms with van der Waals surface area (Å²) in [6, 6.07) is 0.569. The van der Waals surface area contributed by atoms with Gasteiger partial charge in [0.1, 0.15) is 5.78 Å². The SMILES string of the molecule is CC[C@H]1CN2C[C@H](C)[C@H]3CC(=O)[C@]1(C)[C@H]2C3. The van der Waals surface area contributed by atoms with Gasteiger partial charge in [-0.05, 0) is 24.2 Å². The number of hydrogen-bond donors (Lipinski definition) is 0. The quantitative estimate of drug-likeness (QED) is 0.677. The van der Waals surface area contributed by atoms with Crippen molar-refractivity contribution in [3.8, 4) is 0 Å². The summed E-state index contributed by atoms with van der Waals surface area (Å²) in [5, 5.41) is 0. The van der Waals surface area contributed by atoms with Crippen LogP contribution >= 0.6 is 0 Å². The van der Waals surface area contributed by atoms with Crippen molar-refractivity contribution in [3.05, 3.63) is 0 Å². The van der Waals surface area contributed by atoms with Crippen LogP contribution < -0.4 is 0 Å². The Labute approximate surface area is 98.4 Å². The second kappa shape index (κ2) is 3.32. The van der Waals surface area contributed by atoms with Gasteiger partial charge in [0.2, 0.25) is 0 Å². The number of ketones is 1. The van der Waals surface area contributed by atoms with E-state index in [1.54, 1.807) is 0 Å². The Bertz CT molecular complexity index is 327. The predicted octanol–water partition coefficient (Wildman–Crippen LogP) is 2.33. The van der Waals surface area contributed by atoms with E-state index in [2.05, 4.69) is 25.7 Å². The minimum Gasteiger partial charge on any atom is -0.299 e. The van der Waals surface area contributed by atoms with Gasteiger partial charge < -0.3 is 0 Å². The zero-order valence-corrected chi connectivity index (χ0v) is 10.7. The molecule has 2 saturated heterocycles. The van der Waals surface area contributed by atoms with Gasteiger partial charge in [-0.25, -0.2) is 0 Å². The van der Waals surface area contributed by atoms with Crippen molar-refractivity contribution >= 4 is 5.78 Å². The number of Topliss-reactive ketones (excluding diaryl/α,β-unsaturated/α-hetero) is 1. The molecule has 5 atom stereocenters. The van der Waals surface area contributed by atoms with Crippen molar-refractivity contribution in [2.24, 2.45) is 23.2 Å². The molecule has 2 heteroatoms. The van der Waals surface area contributed by atoms with Crippen LogP contribution in [0.3, 0.4) is 0 Å². The highest BCUT2D eigenvalue weighted by Gasteiger charge is 2.59. The first-order valence-corrected chi connectivity index (χ1v) is 6.84. The van der Waals surface area contributed by atoms with Gasteiger partial charge in [-0.3, -0.25) is 9.69 Å². The zero-order valence-electron chi connectivity index (χ0n) is 10.7. The Morgan fingerprint density at radius 2 is 2.19 bits per heavy atom. The zero-order chi connectivity index (χ0) is 11.5. The number of nitrogens with zero attached hydrogens (tertiary/aromatic N) is 1. The molecular weight excluding hydrogens is 198 g/mol. The van der Waals surface area contributed by atoms with Crippen LogP contribution in [-0.2, 0) is 4.79 Å². The van der Waals surface area contributed by atoms with Crippen molar-refractivity contribution in [2.45, 2.75) is 46.1 Å². The monoisotopic (exact) mass is 221 g/mol. The molecule has 3 rings (SSSR count). The molecule has 3 aliphatic rings. The average molecular weight is 221 g/mol. The molecule has 2 heterocycles. The molecule has 16 heavy (non-hydrogen) atoms. The van der Waals surface area contributed by atoms with Gasteiger partial charge in [0.25, 0.3) is 0 Å². The normalized spacial score (nSPS) is 52.1. The van der Waals surface area contributed by atoms with Crippen molar-refractivity contribution < 1.29 is 4.79 Å². The second-order valence-corrected chi connectivity index (χ2v) is 6.46. The molecule has 0 aromatic heterocycles. The van der Waals surface area contributed by atoms with E-state index in [1.807, 2.05) is 0 Å². The van der Waals surface area contributed by atoms with E-state index in [4.69, 9.17) is 0 Å². The summed E-state index contributed by atoms with van der Waals surface area (Å²) >= 11 is 0. The van der Waals surface area contributed by atoms with E-state index >= 15 is 0 Å². The number of carbonyl (C=O) groups is 1. The first-order chi connectivity index (χ1) is 7.57. The van der Waals surface area contributed by atoms with Crippen LogP contribution in [0, 0.1) is 23.2 Å². The molecule has 0 unspecified atom stereocenters. The molecule has 2 bridgehead atoms. The summed E-state index contributed by atoms with van der Waals surface area (Å²) in [4.78, 5) is 15.1. The third kappa shape index (κ3) is 1.14. The minimum atomic E-state index is -0.00854. The fourth-order valence-electron chi connectivity index (χ4n) is 4.59. The second-order valence-electron chi connectivity index (χ2n) is 6.46. The van der Waals surface area contributed by atoms with Gasteiger partial charge in [0.05, 0.1) is 0 Å². The first kappa shape index (κ1) is 10.8. The summed E-state index contributed by atoms with van der Waals surface area (Å²) < 4.78 is 0. The molecule has 1 aliphatic carbocycles. The fraction of sp³-hybridized carbons (Fsp3) is 0.929. The lowest BCUT2D eigenvalue weighted by molar-refractivity contribution is -0.139. The van der Waals surface area contributed by atoms with E-state index in [0.717, 1.165) is 18.8 Å². The maximum Gasteiger partial charge on any atom is 0.140 e. The van der Waals surface area contributed by atoms with Crippen molar-refractivity contribution in [3.63, 3.8) is 0 Å². The van der Waals surface area contributed by atoms with E-state index in [9.17, 15) is 4.79 Å². The van der Waals surface area contributed by atoms with Gasteiger partial charge in [0, 0.05) is 31.0 Å². The highest BCUT2D eigenvalue weighted by Crippen LogP contribution is 2.54. The van der Waals surface area contributed by atoms with Crippen LogP contribution in [0.4, 0.5) is 0 Å². The summed E-state index contributed by atoms with van der Waals surface area (Å²) in [6.45, 7) is 9.23. The molecule has 0 aromatic rings. The number of carbonyl (C=O) groups excluding carboxylic acids is 1. The van der Waals surface area contributed by atoms with Gasteiger partial charge in [-0.1, -0.05) is 27.2 Å². The van der Waals surface area contributed by atoms with Crippen LogP contribution in [0.5, 0.6) is 0 Å². The molecule has 0 aromatic carbocycles. The summed E-state index contributed by atoms with van der Waals surface area (Å²) in [7, 11) is 0. The van der Waals surface area contributed by atoms with Gasteiger partial charge in [-0.15, -0.1) is 0 Å². The Balaban J connectivity index is 2.00. The predicted molar refractivity (Wildman–Crippen MR) is 64.1 cm³/mol. The van der Waals surface area contributed by atoms with Crippen LogP contribution in [0.25, 0.3) is 0 Å². The Morgan fingerprint density at radius 3 is 2.88 bits per heavy atom. The Hall–Kier alpha value is -0.370. The van der Waals surface area contributed by atoms with Crippen molar-refractivity contribution in [1.29, 1.82) is 0 Å². The highest BCUT2D eigenvalue weighted by atomic mass is 16.1. The lowest BCUT2D eigenvalue weighted by atomic mass is 9.60.